The number of hydrogen-bond acceptors (Lipinski definition) is 5. The molecule has 30 heavy (non-hydrogen) atoms. The fraction of sp³-hybridized carbons (Fsp3) is 0.435. The summed E-state index contributed by atoms with van der Waals surface area (Å²) in [6.07, 6.45) is 0. The summed E-state index contributed by atoms with van der Waals surface area (Å²) in [5.41, 5.74) is 1.30. The minimum Gasteiger partial charge on any atom is -0.490 e. The number of hydrogen-bond donors (Lipinski definition) is 1. The largest absolute Gasteiger partial charge is 0.490 e. The van der Waals surface area contributed by atoms with E-state index < -0.39 is 0 Å². The van der Waals surface area contributed by atoms with E-state index in [-0.39, 0.29) is 17.8 Å². The van der Waals surface area contributed by atoms with Gasteiger partial charge < -0.3 is 19.5 Å². The van der Waals surface area contributed by atoms with Gasteiger partial charge in [0.05, 0.1) is 31.4 Å². The van der Waals surface area contributed by atoms with Crippen LogP contribution in [0.1, 0.15) is 28.9 Å². The zero-order valence-corrected chi connectivity index (χ0v) is 17.3. The third-order valence-corrected chi connectivity index (χ3v) is 5.00. The number of benzene rings is 2. The molecule has 7 heteroatoms. The summed E-state index contributed by atoms with van der Waals surface area (Å²) in [5.74, 6) is 0.00480. The second-order valence-electron chi connectivity index (χ2n) is 6.97. The van der Waals surface area contributed by atoms with Gasteiger partial charge in [0.15, 0.2) is 0 Å². The molecule has 162 valence electrons. The standard InChI is InChI=1S/C23H29FN2O4/c1-2-28-14-15-30-22-9-4-3-8-20(22)23(27)25-17-21(26-10-12-29-13-11-26)18-6-5-7-19(24)16-18/h3-9,16,21H,2,10-15,17H2,1H3,(H,25,27). The fourth-order valence-corrected chi connectivity index (χ4v) is 3.48. The minimum atomic E-state index is -0.287. The first-order chi connectivity index (χ1) is 14.7. The van der Waals surface area contributed by atoms with Gasteiger partial charge in [-0.15, -0.1) is 0 Å². The van der Waals surface area contributed by atoms with Gasteiger partial charge in [-0.3, -0.25) is 9.69 Å². The van der Waals surface area contributed by atoms with Crippen LogP contribution < -0.4 is 10.1 Å². The molecule has 1 aliphatic heterocycles. The molecule has 2 aromatic carbocycles. The highest BCUT2D eigenvalue weighted by molar-refractivity contribution is 5.96. The molecule has 1 unspecified atom stereocenters. The van der Waals surface area contributed by atoms with Gasteiger partial charge in [0, 0.05) is 26.2 Å². The maximum absolute atomic E-state index is 13.8. The third kappa shape index (κ3) is 6.26. The van der Waals surface area contributed by atoms with E-state index in [1.165, 1.54) is 12.1 Å². The highest BCUT2D eigenvalue weighted by Gasteiger charge is 2.24. The molecule has 0 bridgehead atoms. The second kappa shape index (κ2) is 11.6. The van der Waals surface area contributed by atoms with E-state index in [4.69, 9.17) is 14.2 Å². The quantitative estimate of drug-likeness (QED) is 0.604. The SMILES string of the molecule is CCOCCOc1ccccc1C(=O)NCC(c1cccc(F)c1)N1CCOCC1. The molecule has 2 aromatic rings. The Morgan fingerprint density at radius 2 is 1.97 bits per heavy atom. The normalized spacial score (nSPS) is 15.5. The van der Waals surface area contributed by atoms with E-state index in [2.05, 4.69) is 10.2 Å². The van der Waals surface area contributed by atoms with E-state index in [1.54, 1.807) is 24.3 Å². The number of para-hydroxylation sites is 1. The van der Waals surface area contributed by atoms with Crippen LogP contribution in [0.2, 0.25) is 0 Å². The molecule has 0 aliphatic carbocycles. The van der Waals surface area contributed by atoms with Gasteiger partial charge >= 0.3 is 0 Å². The topological polar surface area (TPSA) is 60.0 Å². The van der Waals surface area contributed by atoms with Gasteiger partial charge in [0.25, 0.3) is 5.91 Å². The molecular formula is C23H29FN2O4. The Hall–Kier alpha value is -2.48. The fourth-order valence-electron chi connectivity index (χ4n) is 3.48. The number of carbonyl (C=O) groups excluding carboxylic acids is 1. The average Bonchev–Trinajstić information content (AvgIpc) is 2.78. The smallest absolute Gasteiger partial charge is 0.255 e. The first-order valence-electron chi connectivity index (χ1n) is 10.3. The second-order valence-corrected chi connectivity index (χ2v) is 6.97. The molecule has 1 aliphatic rings. The van der Waals surface area contributed by atoms with Crippen molar-refractivity contribution in [3.63, 3.8) is 0 Å². The lowest BCUT2D eigenvalue weighted by Crippen LogP contribution is -2.43. The van der Waals surface area contributed by atoms with Crippen LogP contribution in [-0.2, 0) is 9.47 Å². The molecule has 6 nitrogen and oxygen atoms in total. The van der Waals surface area contributed by atoms with E-state index >= 15 is 0 Å². The van der Waals surface area contributed by atoms with Crippen LogP contribution in [0.15, 0.2) is 48.5 Å². The molecule has 1 fully saturated rings. The van der Waals surface area contributed by atoms with Crippen molar-refractivity contribution in [3.05, 3.63) is 65.5 Å². The zero-order valence-electron chi connectivity index (χ0n) is 17.3. The summed E-state index contributed by atoms with van der Waals surface area (Å²) in [7, 11) is 0. The molecule has 1 N–H and O–H groups in total. The molecule has 1 heterocycles. The number of carbonyl (C=O) groups is 1. The molecule has 0 aromatic heterocycles. The molecule has 0 radical (unpaired) electrons. The van der Waals surface area contributed by atoms with Crippen molar-refractivity contribution < 1.29 is 23.4 Å². The maximum Gasteiger partial charge on any atom is 0.255 e. The van der Waals surface area contributed by atoms with Crippen LogP contribution >= 0.6 is 0 Å². The summed E-state index contributed by atoms with van der Waals surface area (Å²) >= 11 is 0. The Balaban J connectivity index is 1.68. The van der Waals surface area contributed by atoms with Crippen LogP contribution in [-0.4, -0.2) is 63.5 Å². The van der Waals surface area contributed by atoms with Crippen LogP contribution in [0.25, 0.3) is 0 Å². The van der Waals surface area contributed by atoms with Crippen molar-refractivity contribution in [1.82, 2.24) is 10.2 Å². The first-order valence-corrected chi connectivity index (χ1v) is 10.3. The lowest BCUT2D eigenvalue weighted by Gasteiger charge is -2.35. The van der Waals surface area contributed by atoms with Gasteiger partial charge in [-0.2, -0.15) is 0 Å². The van der Waals surface area contributed by atoms with Crippen molar-refractivity contribution in [2.45, 2.75) is 13.0 Å². The minimum absolute atomic E-state index is 0.139. The predicted octanol–water partition coefficient (Wildman–Crippen LogP) is 3.04. The van der Waals surface area contributed by atoms with Crippen LogP contribution in [0.5, 0.6) is 5.75 Å². The Bertz CT molecular complexity index is 811. The first kappa shape index (κ1) is 22.2. The third-order valence-electron chi connectivity index (χ3n) is 5.00. The van der Waals surface area contributed by atoms with Gasteiger partial charge in [0.2, 0.25) is 0 Å². The number of nitrogens with zero attached hydrogens (tertiary/aromatic N) is 1. The summed E-state index contributed by atoms with van der Waals surface area (Å²) in [5, 5.41) is 3.00. The number of halogens is 1. The van der Waals surface area contributed by atoms with Crippen LogP contribution in [0.4, 0.5) is 4.39 Å². The number of amides is 1. The average molecular weight is 416 g/mol. The van der Waals surface area contributed by atoms with Crippen LogP contribution in [0, 0.1) is 5.82 Å². The van der Waals surface area contributed by atoms with E-state index in [0.29, 0.717) is 50.9 Å². The molecule has 3 rings (SSSR count). The lowest BCUT2D eigenvalue weighted by atomic mass is 10.0. The Labute approximate surface area is 176 Å². The van der Waals surface area contributed by atoms with E-state index in [0.717, 1.165) is 18.7 Å². The molecule has 0 saturated carbocycles. The monoisotopic (exact) mass is 416 g/mol. The summed E-state index contributed by atoms with van der Waals surface area (Å²) in [6.45, 7) is 6.44. The predicted molar refractivity (Wildman–Crippen MR) is 112 cm³/mol. The Morgan fingerprint density at radius 1 is 1.17 bits per heavy atom. The van der Waals surface area contributed by atoms with Crippen molar-refractivity contribution in [2.75, 3.05) is 52.7 Å². The van der Waals surface area contributed by atoms with Crippen LogP contribution in [0.3, 0.4) is 0 Å². The number of nitrogens with one attached hydrogen (secondary N) is 1. The van der Waals surface area contributed by atoms with Crippen molar-refractivity contribution in [2.24, 2.45) is 0 Å². The number of morpholine rings is 1. The highest BCUT2D eigenvalue weighted by atomic mass is 19.1. The van der Waals surface area contributed by atoms with Gasteiger partial charge in [-0.25, -0.2) is 4.39 Å². The molecule has 0 spiro atoms. The summed E-state index contributed by atoms with van der Waals surface area (Å²) in [4.78, 5) is 15.1. The summed E-state index contributed by atoms with van der Waals surface area (Å²) in [6, 6.07) is 13.5. The van der Waals surface area contributed by atoms with Crippen molar-refractivity contribution in [1.29, 1.82) is 0 Å². The van der Waals surface area contributed by atoms with E-state index in [9.17, 15) is 9.18 Å². The lowest BCUT2D eigenvalue weighted by molar-refractivity contribution is 0.0161. The highest BCUT2D eigenvalue weighted by Crippen LogP contribution is 2.23. The zero-order chi connectivity index (χ0) is 21.2. The van der Waals surface area contributed by atoms with Crippen molar-refractivity contribution in [3.8, 4) is 5.75 Å². The van der Waals surface area contributed by atoms with Crippen molar-refractivity contribution >= 4 is 5.91 Å². The molecular weight excluding hydrogens is 387 g/mol. The Morgan fingerprint density at radius 3 is 2.73 bits per heavy atom. The number of rotatable bonds is 10. The number of ether oxygens (including phenoxy) is 3. The molecule has 1 atom stereocenters. The summed E-state index contributed by atoms with van der Waals surface area (Å²) < 4.78 is 30.3. The van der Waals surface area contributed by atoms with Gasteiger partial charge in [-0.1, -0.05) is 24.3 Å². The maximum atomic E-state index is 13.8. The Kier molecular flexibility index (Phi) is 8.62. The molecule has 1 saturated heterocycles. The van der Waals surface area contributed by atoms with E-state index in [1.807, 2.05) is 19.1 Å². The van der Waals surface area contributed by atoms with Gasteiger partial charge in [-0.05, 0) is 36.8 Å². The van der Waals surface area contributed by atoms with Gasteiger partial charge in [0.1, 0.15) is 18.2 Å². The molecule has 1 amide bonds.